The van der Waals surface area contributed by atoms with Crippen LogP contribution in [0.25, 0.3) is 0 Å². The van der Waals surface area contributed by atoms with Crippen LogP contribution in [0.5, 0.6) is 0 Å². The number of hydrogen-bond acceptors (Lipinski definition) is 0. The minimum Gasteiger partial charge on any atom is -0.247 e. The Morgan fingerprint density at radius 1 is 0.815 bits per heavy atom. The van der Waals surface area contributed by atoms with Crippen molar-refractivity contribution in [1.82, 2.24) is 0 Å². The van der Waals surface area contributed by atoms with Crippen LogP contribution in [-0.4, -0.2) is 6.17 Å². The Balaban J connectivity index is 1.45. The largest absolute Gasteiger partial charge is 0.266 e. The molecule has 0 radical (unpaired) electrons. The molecule has 4 unspecified atom stereocenters. The van der Waals surface area contributed by atoms with Crippen LogP contribution in [0, 0.1) is 41.4 Å². The minimum atomic E-state index is -1.66. The van der Waals surface area contributed by atoms with Crippen molar-refractivity contribution in [2.45, 2.75) is 97.1 Å². The second-order valence-corrected chi connectivity index (χ2v) is 9.98. The second kappa shape index (κ2) is 9.83. The highest BCUT2D eigenvalue weighted by Crippen LogP contribution is 2.48. The van der Waals surface area contributed by atoms with Crippen LogP contribution in [0.15, 0.2) is 12.2 Å². The van der Waals surface area contributed by atoms with Crippen LogP contribution in [0.4, 0.5) is 13.2 Å². The van der Waals surface area contributed by atoms with E-state index in [1.807, 2.05) is 0 Å². The zero-order chi connectivity index (χ0) is 19.4. The summed E-state index contributed by atoms with van der Waals surface area (Å²) in [6.07, 6.45) is 12.5. The minimum absolute atomic E-state index is 0.199. The zero-order valence-corrected chi connectivity index (χ0v) is 17.3. The topological polar surface area (TPSA) is 0 Å². The van der Waals surface area contributed by atoms with Crippen LogP contribution in [-0.2, 0) is 0 Å². The molecule has 0 amide bonds. The summed E-state index contributed by atoms with van der Waals surface area (Å²) < 4.78 is 39.5. The van der Waals surface area contributed by atoms with Crippen molar-refractivity contribution in [3.8, 4) is 0 Å². The number of hydrogen-bond donors (Lipinski definition) is 0. The first-order chi connectivity index (χ1) is 13.0. The predicted molar refractivity (Wildman–Crippen MR) is 106 cm³/mol. The third-order valence-corrected chi connectivity index (χ3v) is 8.56. The van der Waals surface area contributed by atoms with Gasteiger partial charge in [0.2, 0.25) is 0 Å². The van der Waals surface area contributed by atoms with E-state index in [4.69, 9.17) is 0 Å². The molecule has 0 aromatic rings. The maximum absolute atomic E-state index is 14.7. The summed E-state index contributed by atoms with van der Waals surface area (Å²) in [5.74, 6) is 3.97. The van der Waals surface area contributed by atoms with Gasteiger partial charge in [-0.3, -0.25) is 0 Å². The summed E-state index contributed by atoms with van der Waals surface area (Å²) in [5.41, 5.74) is 0. The lowest BCUT2D eigenvalue weighted by molar-refractivity contribution is 0.0342. The average Bonchev–Trinajstić information content (AvgIpc) is 2.67. The van der Waals surface area contributed by atoms with Gasteiger partial charge in [0, 0.05) is 0 Å². The molecule has 27 heavy (non-hydrogen) atoms. The van der Waals surface area contributed by atoms with Gasteiger partial charge in [-0.05, 0) is 105 Å². The zero-order valence-electron chi connectivity index (χ0n) is 17.3. The SMILES string of the molecule is CCC1CCC(C2CCC(C3CC(C)C(CC=C(F)F)C(F)C3)CC2)CC1. The van der Waals surface area contributed by atoms with Gasteiger partial charge in [-0.15, -0.1) is 0 Å². The molecule has 156 valence electrons. The number of allylic oxidation sites excluding steroid dienone is 1. The van der Waals surface area contributed by atoms with Gasteiger partial charge in [0.05, 0.1) is 0 Å². The molecule has 0 aromatic carbocycles. The molecule has 0 bridgehead atoms. The Morgan fingerprint density at radius 2 is 1.33 bits per heavy atom. The van der Waals surface area contributed by atoms with Crippen molar-refractivity contribution in [3.63, 3.8) is 0 Å². The van der Waals surface area contributed by atoms with Gasteiger partial charge in [-0.25, -0.2) is 4.39 Å². The molecule has 4 atom stereocenters. The molecule has 0 N–H and O–H groups in total. The number of alkyl halides is 1. The summed E-state index contributed by atoms with van der Waals surface area (Å²) >= 11 is 0. The van der Waals surface area contributed by atoms with Crippen molar-refractivity contribution >= 4 is 0 Å². The van der Waals surface area contributed by atoms with Gasteiger partial charge in [-0.2, -0.15) is 8.78 Å². The fraction of sp³-hybridized carbons (Fsp3) is 0.917. The molecular weight excluding hydrogens is 345 g/mol. The Morgan fingerprint density at radius 3 is 1.81 bits per heavy atom. The van der Waals surface area contributed by atoms with Crippen LogP contribution in [0.1, 0.15) is 90.9 Å². The highest BCUT2D eigenvalue weighted by Gasteiger charge is 2.40. The van der Waals surface area contributed by atoms with Gasteiger partial charge in [0.15, 0.2) is 0 Å². The summed E-state index contributed by atoms with van der Waals surface area (Å²) in [6, 6.07) is 0. The van der Waals surface area contributed by atoms with Gasteiger partial charge < -0.3 is 0 Å². The monoisotopic (exact) mass is 384 g/mol. The van der Waals surface area contributed by atoms with Gasteiger partial charge in [0.25, 0.3) is 6.08 Å². The smallest absolute Gasteiger partial charge is 0.247 e. The first-order valence-electron chi connectivity index (χ1n) is 11.6. The molecule has 3 fully saturated rings. The number of halogens is 3. The normalized spacial score (nSPS) is 43.3. The van der Waals surface area contributed by atoms with Crippen LogP contribution in [0.3, 0.4) is 0 Å². The summed E-state index contributed by atoms with van der Waals surface area (Å²) in [6.45, 7) is 4.40. The maximum atomic E-state index is 14.7. The maximum Gasteiger partial charge on any atom is 0.266 e. The van der Waals surface area contributed by atoms with E-state index < -0.39 is 12.3 Å². The molecular formula is C24H39F3. The summed E-state index contributed by atoms with van der Waals surface area (Å²) in [4.78, 5) is 0. The molecule has 0 aliphatic heterocycles. The van der Waals surface area contributed by atoms with Gasteiger partial charge in [-0.1, -0.05) is 33.1 Å². The molecule has 3 heteroatoms. The molecule has 3 rings (SSSR count). The van der Waals surface area contributed by atoms with Gasteiger partial charge in [0.1, 0.15) is 6.17 Å². The number of rotatable bonds is 5. The lowest BCUT2D eigenvalue weighted by Gasteiger charge is -2.44. The van der Waals surface area contributed by atoms with E-state index in [1.54, 1.807) is 0 Å². The van der Waals surface area contributed by atoms with Crippen LogP contribution < -0.4 is 0 Å². The fourth-order valence-electron chi connectivity index (χ4n) is 6.71. The Kier molecular flexibility index (Phi) is 7.74. The third-order valence-electron chi connectivity index (χ3n) is 8.56. The average molecular weight is 385 g/mol. The van der Waals surface area contributed by atoms with E-state index in [1.165, 1.54) is 57.8 Å². The Bertz CT molecular complexity index is 456. The Hall–Kier alpha value is -0.470. The third kappa shape index (κ3) is 5.54. The van der Waals surface area contributed by atoms with Crippen molar-refractivity contribution in [1.29, 1.82) is 0 Å². The highest BCUT2D eigenvalue weighted by atomic mass is 19.3. The lowest BCUT2D eigenvalue weighted by atomic mass is 9.63. The standard InChI is InChI=1S/C24H39F3/c1-3-17-4-6-18(7-5-17)19-8-10-20(11-9-19)21-14-16(2)22(23(25)15-21)12-13-24(26)27/h13,16-23H,3-12,14-15H2,1-2H3. The van der Waals surface area contributed by atoms with Crippen LogP contribution >= 0.6 is 0 Å². The summed E-state index contributed by atoms with van der Waals surface area (Å²) in [7, 11) is 0. The molecule has 0 spiro atoms. The Labute approximate surface area is 164 Å². The molecule has 3 aliphatic carbocycles. The quantitative estimate of drug-likeness (QED) is 0.448. The fourth-order valence-corrected chi connectivity index (χ4v) is 6.71. The predicted octanol–water partition coefficient (Wildman–Crippen LogP) is 8.18. The van der Waals surface area contributed by atoms with Crippen molar-refractivity contribution in [2.75, 3.05) is 0 Å². The molecule has 0 nitrogen and oxygen atoms in total. The first kappa shape index (κ1) is 21.2. The van der Waals surface area contributed by atoms with Crippen molar-refractivity contribution in [2.24, 2.45) is 41.4 Å². The summed E-state index contributed by atoms with van der Waals surface area (Å²) in [5, 5.41) is 0. The van der Waals surface area contributed by atoms with E-state index in [-0.39, 0.29) is 18.3 Å². The highest BCUT2D eigenvalue weighted by molar-refractivity contribution is 4.94. The molecule has 0 heterocycles. The van der Waals surface area contributed by atoms with Crippen molar-refractivity contribution < 1.29 is 13.2 Å². The van der Waals surface area contributed by atoms with E-state index >= 15 is 0 Å². The van der Waals surface area contributed by atoms with Crippen molar-refractivity contribution in [3.05, 3.63) is 12.2 Å². The van der Waals surface area contributed by atoms with Crippen LogP contribution in [0.2, 0.25) is 0 Å². The van der Waals surface area contributed by atoms with E-state index in [9.17, 15) is 13.2 Å². The molecule has 0 saturated heterocycles. The van der Waals surface area contributed by atoms with E-state index in [0.717, 1.165) is 30.3 Å². The van der Waals surface area contributed by atoms with E-state index in [2.05, 4.69) is 13.8 Å². The molecule has 0 aromatic heterocycles. The lowest BCUT2D eigenvalue weighted by Crippen LogP contribution is -2.37. The first-order valence-corrected chi connectivity index (χ1v) is 11.6. The molecule has 3 aliphatic rings. The second-order valence-electron chi connectivity index (χ2n) is 9.98. The van der Waals surface area contributed by atoms with E-state index in [0.29, 0.717) is 18.3 Å². The molecule has 3 saturated carbocycles. The van der Waals surface area contributed by atoms with Gasteiger partial charge >= 0.3 is 0 Å².